The summed E-state index contributed by atoms with van der Waals surface area (Å²) in [4.78, 5) is 15.8. The van der Waals surface area contributed by atoms with Gasteiger partial charge in [0.25, 0.3) is 0 Å². The van der Waals surface area contributed by atoms with E-state index < -0.39 is 6.04 Å². The number of ether oxygens (including phenoxy) is 1. The molecule has 0 aliphatic carbocycles. The first-order valence-corrected chi connectivity index (χ1v) is 9.58. The summed E-state index contributed by atoms with van der Waals surface area (Å²) in [5, 5.41) is 1.97. The Morgan fingerprint density at radius 2 is 2.43 bits per heavy atom. The molecule has 1 aromatic heterocycles. The van der Waals surface area contributed by atoms with E-state index in [-0.39, 0.29) is 12.0 Å². The van der Waals surface area contributed by atoms with Gasteiger partial charge in [-0.05, 0) is 36.5 Å². The Hall–Kier alpha value is -0.560. The smallest absolute Gasteiger partial charge is 0.245 e. The molecule has 2 N–H and O–H groups in total. The second-order valence-electron chi connectivity index (χ2n) is 5.64. The zero-order valence-electron chi connectivity index (χ0n) is 12.1. The Labute approximate surface area is 134 Å². The minimum atomic E-state index is -0.531. The van der Waals surface area contributed by atoms with Crippen LogP contribution in [0.5, 0.6) is 0 Å². The molecule has 3 atom stereocenters. The number of amides is 1. The zero-order chi connectivity index (χ0) is 14.7. The van der Waals surface area contributed by atoms with Gasteiger partial charge in [0.05, 0.1) is 6.10 Å². The summed E-state index contributed by atoms with van der Waals surface area (Å²) in [6.07, 6.45) is 3.41. The number of carbonyl (C=O) groups excluding carboxylic acids is 1. The highest BCUT2D eigenvalue weighted by atomic mass is 32.2. The molecule has 116 valence electrons. The third-order valence-corrected chi connectivity index (χ3v) is 6.27. The van der Waals surface area contributed by atoms with E-state index in [9.17, 15) is 4.79 Å². The molecule has 0 saturated carbocycles. The van der Waals surface area contributed by atoms with E-state index >= 15 is 0 Å². The predicted octanol–water partition coefficient (Wildman–Crippen LogP) is 2.26. The molecule has 0 bridgehead atoms. The quantitative estimate of drug-likeness (QED) is 0.902. The molecule has 6 heteroatoms. The minimum absolute atomic E-state index is 0.0560. The minimum Gasteiger partial charge on any atom is -0.376 e. The summed E-state index contributed by atoms with van der Waals surface area (Å²) in [6.45, 7) is 1.52. The molecule has 0 radical (unpaired) electrons. The van der Waals surface area contributed by atoms with Crippen LogP contribution in [0.4, 0.5) is 0 Å². The Balaban J connectivity index is 1.71. The highest BCUT2D eigenvalue weighted by Crippen LogP contribution is 2.27. The van der Waals surface area contributed by atoms with Crippen LogP contribution < -0.4 is 5.73 Å². The van der Waals surface area contributed by atoms with Crippen molar-refractivity contribution in [3.05, 3.63) is 22.4 Å². The first kappa shape index (κ1) is 15.3. The normalized spacial score (nSPS) is 26.9. The van der Waals surface area contributed by atoms with Crippen molar-refractivity contribution in [3.8, 4) is 0 Å². The molecule has 1 aromatic rings. The van der Waals surface area contributed by atoms with Crippen LogP contribution in [0.25, 0.3) is 0 Å². The fourth-order valence-corrected chi connectivity index (χ4v) is 4.91. The molecule has 21 heavy (non-hydrogen) atoms. The first-order valence-electron chi connectivity index (χ1n) is 7.54. The topological polar surface area (TPSA) is 55.6 Å². The van der Waals surface area contributed by atoms with Crippen molar-refractivity contribution in [2.24, 2.45) is 5.73 Å². The van der Waals surface area contributed by atoms with Crippen LogP contribution in [-0.2, 0) is 9.53 Å². The predicted molar refractivity (Wildman–Crippen MR) is 87.7 cm³/mol. The number of hydrogen-bond acceptors (Lipinski definition) is 5. The van der Waals surface area contributed by atoms with E-state index in [4.69, 9.17) is 10.5 Å². The molecule has 0 aromatic carbocycles. The summed E-state index contributed by atoms with van der Waals surface area (Å²) in [5.74, 6) is 2.21. The molecule has 1 amide bonds. The first-order chi connectivity index (χ1) is 10.3. The van der Waals surface area contributed by atoms with Crippen molar-refractivity contribution >= 4 is 29.0 Å². The van der Waals surface area contributed by atoms with Crippen LogP contribution in [0.3, 0.4) is 0 Å². The van der Waals surface area contributed by atoms with Crippen LogP contribution in [0.15, 0.2) is 17.5 Å². The average molecular weight is 326 g/mol. The summed E-state index contributed by atoms with van der Waals surface area (Å²) < 4.78 is 5.72. The molecule has 2 aliphatic heterocycles. The van der Waals surface area contributed by atoms with Crippen LogP contribution in [-0.4, -0.2) is 47.6 Å². The number of rotatable bonds is 5. The van der Waals surface area contributed by atoms with Crippen molar-refractivity contribution in [1.29, 1.82) is 0 Å². The number of thiophene rings is 1. The lowest BCUT2D eigenvalue weighted by Gasteiger charge is -2.32. The average Bonchev–Trinajstić information content (AvgIpc) is 3.26. The third kappa shape index (κ3) is 3.62. The number of hydrogen-bond donors (Lipinski definition) is 1. The molecule has 3 rings (SSSR count). The fraction of sp³-hybridized carbons (Fsp3) is 0.667. The van der Waals surface area contributed by atoms with E-state index in [0.29, 0.717) is 12.6 Å². The molecule has 2 saturated heterocycles. The maximum Gasteiger partial charge on any atom is 0.245 e. The fourth-order valence-electron chi connectivity index (χ4n) is 2.96. The Morgan fingerprint density at radius 1 is 1.52 bits per heavy atom. The van der Waals surface area contributed by atoms with E-state index in [1.165, 1.54) is 0 Å². The van der Waals surface area contributed by atoms with Gasteiger partial charge >= 0.3 is 0 Å². The number of nitrogens with zero attached hydrogens (tertiary/aromatic N) is 1. The number of nitrogens with two attached hydrogens (primary N) is 1. The SMILES string of the molecule is NC(C(=O)N(CC1CCCO1)C1CCSC1)c1cccs1. The molecular weight excluding hydrogens is 304 g/mol. The van der Waals surface area contributed by atoms with Crippen LogP contribution in [0.2, 0.25) is 0 Å². The van der Waals surface area contributed by atoms with Gasteiger partial charge in [0.1, 0.15) is 6.04 Å². The third-order valence-electron chi connectivity index (χ3n) is 4.17. The lowest BCUT2D eigenvalue weighted by molar-refractivity contribution is -0.136. The lowest BCUT2D eigenvalue weighted by atomic mass is 10.1. The van der Waals surface area contributed by atoms with E-state index in [1.54, 1.807) is 11.3 Å². The maximum atomic E-state index is 12.9. The van der Waals surface area contributed by atoms with Gasteiger partial charge in [0.2, 0.25) is 5.91 Å². The molecule has 3 unspecified atom stereocenters. The maximum absolute atomic E-state index is 12.9. The van der Waals surface area contributed by atoms with Crippen molar-refractivity contribution in [1.82, 2.24) is 4.90 Å². The van der Waals surface area contributed by atoms with Gasteiger partial charge in [-0.1, -0.05) is 6.07 Å². The number of thioether (sulfide) groups is 1. The van der Waals surface area contributed by atoms with Crippen LogP contribution in [0, 0.1) is 0 Å². The zero-order valence-corrected chi connectivity index (χ0v) is 13.7. The highest BCUT2D eigenvalue weighted by Gasteiger charge is 2.33. The Kier molecular flexibility index (Phi) is 5.21. The van der Waals surface area contributed by atoms with E-state index in [1.807, 2.05) is 34.2 Å². The van der Waals surface area contributed by atoms with Crippen molar-refractivity contribution < 1.29 is 9.53 Å². The van der Waals surface area contributed by atoms with Crippen LogP contribution in [0.1, 0.15) is 30.2 Å². The summed E-state index contributed by atoms with van der Waals surface area (Å²) in [6, 6.07) is 3.68. The van der Waals surface area contributed by atoms with Crippen molar-refractivity contribution in [3.63, 3.8) is 0 Å². The summed E-state index contributed by atoms with van der Waals surface area (Å²) in [5.41, 5.74) is 6.20. The second-order valence-corrected chi connectivity index (χ2v) is 7.77. The lowest BCUT2D eigenvalue weighted by Crippen LogP contribution is -2.48. The van der Waals surface area contributed by atoms with Gasteiger partial charge in [-0.15, -0.1) is 11.3 Å². The standard InChI is InChI=1S/C15H22N2O2S2/c16-14(13-4-2-7-21-13)15(18)17(11-5-8-20-10-11)9-12-3-1-6-19-12/h2,4,7,11-12,14H,1,3,5-6,8-10,16H2. The second kappa shape index (κ2) is 7.13. The van der Waals surface area contributed by atoms with Gasteiger partial charge in [0.15, 0.2) is 0 Å². The van der Waals surface area contributed by atoms with Crippen molar-refractivity contribution in [2.45, 2.75) is 37.5 Å². The van der Waals surface area contributed by atoms with E-state index in [2.05, 4.69) is 0 Å². The van der Waals surface area contributed by atoms with Gasteiger partial charge in [-0.25, -0.2) is 0 Å². The summed E-state index contributed by atoms with van der Waals surface area (Å²) in [7, 11) is 0. The molecule has 2 fully saturated rings. The monoisotopic (exact) mass is 326 g/mol. The number of carbonyl (C=O) groups is 1. The van der Waals surface area contributed by atoms with Crippen molar-refractivity contribution in [2.75, 3.05) is 24.7 Å². The summed E-state index contributed by atoms with van der Waals surface area (Å²) >= 11 is 3.48. The largest absolute Gasteiger partial charge is 0.376 e. The van der Waals surface area contributed by atoms with Crippen LogP contribution >= 0.6 is 23.1 Å². The Bertz CT molecular complexity index is 454. The highest BCUT2D eigenvalue weighted by molar-refractivity contribution is 7.99. The molecular formula is C15H22N2O2S2. The molecule has 3 heterocycles. The molecule has 2 aliphatic rings. The van der Waals surface area contributed by atoms with Gasteiger partial charge in [-0.2, -0.15) is 11.8 Å². The Morgan fingerprint density at radius 3 is 3.05 bits per heavy atom. The van der Waals surface area contributed by atoms with Gasteiger partial charge < -0.3 is 15.4 Å². The molecule has 0 spiro atoms. The van der Waals surface area contributed by atoms with Gasteiger partial charge in [-0.3, -0.25) is 4.79 Å². The van der Waals surface area contributed by atoms with E-state index in [0.717, 1.165) is 42.3 Å². The molecule has 4 nitrogen and oxygen atoms in total. The van der Waals surface area contributed by atoms with Gasteiger partial charge in [0, 0.05) is 29.8 Å².